The van der Waals surface area contributed by atoms with Gasteiger partial charge in [0.05, 0.1) is 19.3 Å². The van der Waals surface area contributed by atoms with Gasteiger partial charge in [-0.05, 0) is 94.0 Å². The number of amides is 4. The lowest BCUT2D eigenvalue weighted by Gasteiger charge is -2.36. The molecule has 0 spiro atoms. The fraction of sp³-hybridized carbons (Fsp3) is 0.649. The maximum Gasteiger partial charge on any atom is 0.408 e. The van der Waals surface area contributed by atoms with Crippen LogP contribution < -0.4 is 30.6 Å². The Hall–Kier alpha value is -4.22. The van der Waals surface area contributed by atoms with E-state index in [1.54, 1.807) is 73.0 Å². The van der Waals surface area contributed by atoms with E-state index in [0.717, 1.165) is 5.39 Å². The van der Waals surface area contributed by atoms with Crippen LogP contribution in [0.5, 0.6) is 11.6 Å². The Morgan fingerprint density at radius 1 is 1.09 bits per heavy atom. The summed E-state index contributed by atoms with van der Waals surface area (Å²) >= 11 is 0. The minimum atomic E-state index is -4.53. The van der Waals surface area contributed by atoms with Gasteiger partial charge in [0.1, 0.15) is 35.1 Å². The highest BCUT2D eigenvalue weighted by Gasteiger charge is 2.62. The number of aromatic nitrogens is 1. The first-order valence-electron chi connectivity index (χ1n) is 18.3. The smallest absolute Gasteiger partial charge is 0.408 e. The lowest BCUT2D eigenvalue weighted by molar-refractivity contribution is -0.143. The molecule has 2 aromatic rings. The summed E-state index contributed by atoms with van der Waals surface area (Å²) in [5.41, 5.74) is 1.47. The van der Waals surface area contributed by atoms with Gasteiger partial charge < -0.3 is 35.5 Å². The molecule has 5 rings (SSSR count). The van der Waals surface area contributed by atoms with E-state index in [2.05, 4.69) is 15.6 Å². The van der Waals surface area contributed by atoms with Gasteiger partial charge in [0.2, 0.25) is 17.7 Å². The van der Waals surface area contributed by atoms with E-state index < -0.39 is 74.5 Å². The van der Waals surface area contributed by atoms with Crippen LogP contribution in [0, 0.1) is 11.3 Å². The van der Waals surface area contributed by atoms with Crippen LogP contribution in [0.4, 0.5) is 4.79 Å². The first kappa shape index (κ1) is 41.0. The van der Waals surface area contributed by atoms with Gasteiger partial charge in [-0.25, -0.2) is 18.7 Å². The molecule has 2 aliphatic carbocycles. The molecule has 16 nitrogen and oxygen atoms in total. The topological polar surface area (TPSA) is 218 Å². The number of benzene rings is 1. The summed E-state index contributed by atoms with van der Waals surface area (Å²) in [5.74, 6) is -1.62. The Labute approximate surface area is 316 Å². The highest BCUT2D eigenvalue weighted by Crippen LogP contribution is 2.47. The predicted molar refractivity (Wildman–Crippen MR) is 198 cm³/mol. The van der Waals surface area contributed by atoms with Crippen molar-refractivity contribution in [2.45, 2.75) is 122 Å². The maximum atomic E-state index is 14.5. The zero-order chi connectivity index (χ0) is 39.9. The van der Waals surface area contributed by atoms with Gasteiger partial charge in [-0.3, -0.25) is 14.4 Å². The number of carbonyl (C=O) groups excluding carboxylic acids is 4. The second kappa shape index (κ2) is 15.1. The number of rotatable bonds is 14. The molecule has 3 fully saturated rings. The monoisotopic (exact) mass is 774 g/mol. The Bertz CT molecular complexity index is 1870. The zero-order valence-corrected chi connectivity index (χ0v) is 33.1. The van der Waals surface area contributed by atoms with Crippen LogP contribution >= 0.6 is 0 Å². The molecule has 2 heterocycles. The highest BCUT2D eigenvalue weighted by atomic mass is 32.2. The van der Waals surface area contributed by atoms with Crippen molar-refractivity contribution in [3.63, 3.8) is 0 Å². The molecule has 0 radical (unpaired) electrons. The van der Waals surface area contributed by atoms with Gasteiger partial charge in [0, 0.05) is 18.0 Å². The van der Waals surface area contributed by atoms with Gasteiger partial charge in [-0.15, -0.1) is 0 Å². The standard InChI is InChI=1S/C37H54N6O10S/c1-9-23-20-37(23,32(46)42-54(48,49)53-36(13-14-36)15-16-38)41-29(44)27-19-25(51-30-26-11-10-24(50-8)18-22(26)12-17-39-30)21-43(27)31(45)28(34(2,3)4)40-33(47)52-35(5,6)7/h10-12,17-18,23,25,27-28H,9,13-16,19-21,38H2,1-8H3,(H,40,47)(H,41,44)(H,42,46)/t23-,25-,27+,28-,37-/m1/s1. The van der Waals surface area contributed by atoms with Crippen molar-refractivity contribution in [3.05, 3.63) is 30.5 Å². The number of pyridine rings is 1. The minimum absolute atomic E-state index is 0.00655. The molecule has 0 bridgehead atoms. The summed E-state index contributed by atoms with van der Waals surface area (Å²) in [5, 5.41) is 7.00. The first-order valence-corrected chi connectivity index (χ1v) is 19.7. The summed E-state index contributed by atoms with van der Waals surface area (Å²) in [6, 6.07) is 4.91. The van der Waals surface area contributed by atoms with Crippen molar-refractivity contribution in [3.8, 4) is 11.6 Å². The van der Waals surface area contributed by atoms with E-state index in [4.69, 9.17) is 24.1 Å². The van der Waals surface area contributed by atoms with Crippen LogP contribution in [-0.2, 0) is 33.6 Å². The molecule has 54 heavy (non-hydrogen) atoms. The minimum Gasteiger partial charge on any atom is -0.497 e. The third kappa shape index (κ3) is 9.34. The van der Waals surface area contributed by atoms with Gasteiger partial charge in [0.25, 0.3) is 5.91 Å². The Kier molecular flexibility index (Phi) is 11.5. The van der Waals surface area contributed by atoms with Crippen LogP contribution in [0.15, 0.2) is 30.5 Å². The molecular weight excluding hydrogens is 721 g/mol. The van der Waals surface area contributed by atoms with Gasteiger partial charge >= 0.3 is 16.4 Å². The molecule has 1 aliphatic heterocycles. The quantitative estimate of drug-likeness (QED) is 0.218. The maximum absolute atomic E-state index is 14.5. The van der Waals surface area contributed by atoms with E-state index in [9.17, 15) is 27.6 Å². The lowest BCUT2D eigenvalue weighted by Crippen LogP contribution is -2.60. The number of nitrogens with zero attached hydrogens (tertiary/aromatic N) is 2. The van der Waals surface area contributed by atoms with E-state index in [0.29, 0.717) is 36.8 Å². The summed E-state index contributed by atoms with van der Waals surface area (Å²) in [4.78, 5) is 61.3. The van der Waals surface area contributed by atoms with Crippen LogP contribution in [0.3, 0.4) is 0 Å². The summed E-state index contributed by atoms with van der Waals surface area (Å²) in [7, 11) is -2.96. The number of nitrogens with one attached hydrogen (secondary N) is 3. The van der Waals surface area contributed by atoms with Crippen molar-refractivity contribution in [1.29, 1.82) is 0 Å². The molecule has 5 N–H and O–H groups in total. The Balaban J connectivity index is 1.42. The summed E-state index contributed by atoms with van der Waals surface area (Å²) in [6.45, 7) is 12.4. The number of methoxy groups -OCH3 is 1. The molecule has 0 unspecified atom stereocenters. The second-order valence-electron chi connectivity index (χ2n) is 16.6. The van der Waals surface area contributed by atoms with Crippen molar-refractivity contribution in [2.24, 2.45) is 17.1 Å². The Morgan fingerprint density at radius 3 is 2.37 bits per heavy atom. The Morgan fingerprint density at radius 2 is 1.80 bits per heavy atom. The zero-order valence-electron chi connectivity index (χ0n) is 32.3. The molecule has 2 saturated carbocycles. The highest BCUT2D eigenvalue weighted by molar-refractivity contribution is 7.85. The van der Waals surface area contributed by atoms with E-state index in [1.165, 1.54) is 4.90 Å². The number of likely N-dealkylation sites (tertiary alicyclic amines) is 1. The van der Waals surface area contributed by atoms with Crippen LogP contribution in [0.1, 0.15) is 87.0 Å². The molecule has 298 valence electrons. The normalized spacial score (nSPS) is 23.9. The summed E-state index contributed by atoms with van der Waals surface area (Å²) in [6.07, 6.45) is 2.00. The number of fused-ring (bicyclic) bond motifs is 1. The van der Waals surface area contributed by atoms with Gasteiger partial charge in [0.15, 0.2) is 0 Å². The molecule has 17 heteroatoms. The number of ether oxygens (including phenoxy) is 3. The summed E-state index contributed by atoms with van der Waals surface area (Å²) < 4.78 is 50.5. The fourth-order valence-electron chi connectivity index (χ4n) is 6.97. The van der Waals surface area contributed by atoms with E-state index in [1.807, 2.05) is 17.7 Å². The van der Waals surface area contributed by atoms with Crippen molar-refractivity contribution >= 4 is 44.9 Å². The van der Waals surface area contributed by atoms with E-state index in [-0.39, 0.29) is 37.7 Å². The third-order valence-electron chi connectivity index (χ3n) is 10.1. The molecule has 1 saturated heterocycles. The average Bonchev–Trinajstić information content (AvgIpc) is 3.95. The molecule has 1 aromatic heterocycles. The molecule has 5 atom stereocenters. The SMILES string of the molecule is CC[C@@H]1C[C@]1(NC(=O)[C@@H]1C[C@@H](Oc2nccc3cc(OC)ccc23)CN1C(=O)[C@@H](NC(=O)OC(C)(C)C)C(C)(C)C)C(=O)NS(=O)(=O)OC1(CCN)CC1. The van der Waals surface area contributed by atoms with Gasteiger partial charge in [-0.1, -0.05) is 34.1 Å². The second-order valence-corrected chi connectivity index (χ2v) is 17.9. The van der Waals surface area contributed by atoms with Crippen LogP contribution in [-0.4, -0.2) is 97.2 Å². The van der Waals surface area contributed by atoms with Crippen molar-refractivity contribution in [1.82, 2.24) is 25.2 Å². The number of nitrogens with two attached hydrogens (primary N) is 1. The predicted octanol–water partition coefficient (Wildman–Crippen LogP) is 3.08. The molecule has 1 aromatic carbocycles. The van der Waals surface area contributed by atoms with Crippen molar-refractivity contribution in [2.75, 3.05) is 20.2 Å². The fourth-order valence-corrected chi connectivity index (χ4v) is 8.14. The molecule has 3 aliphatic rings. The van der Waals surface area contributed by atoms with E-state index >= 15 is 0 Å². The molecular formula is C37H54N6O10S. The number of carbonyl (C=O) groups is 4. The largest absolute Gasteiger partial charge is 0.497 e. The first-order chi connectivity index (χ1) is 25.1. The molecule has 4 amide bonds. The van der Waals surface area contributed by atoms with Crippen LogP contribution in [0.2, 0.25) is 0 Å². The van der Waals surface area contributed by atoms with Crippen LogP contribution in [0.25, 0.3) is 10.8 Å². The van der Waals surface area contributed by atoms with Gasteiger partial charge in [-0.2, -0.15) is 8.42 Å². The third-order valence-corrected chi connectivity index (χ3v) is 11.1. The number of alkyl carbamates (subject to hydrolysis) is 1. The number of hydrogen-bond donors (Lipinski definition) is 4. The lowest BCUT2D eigenvalue weighted by atomic mass is 9.85. The average molecular weight is 775 g/mol. The number of hydrogen-bond acceptors (Lipinski definition) is 12. The van der Waals surface area contributed by atoms with Crippen molar-refractivity contribution < 1.29 is 46.0 Å².